The molecule has 1 N–H and O–H groups in total. The van der Waals surface area contributed by atoms with Crippen molar-refractivity contribution in [2.24, 2.45) is 0 Å². The molecule has 1 heterocycles. The first kappa shape index (κ1) is 13.3. The van der Waals surface area contributed by atoms with E-state index in [1.807, 2.05) is 6.20 Å². The van der Waals surface area contributed by atoms with Gasteiger partial charge < -0.3 is 10.2 Å². The van der Waals surface area contributed by atoms with Crippen molar-refractivity contribution in [3.63, 3.8) is 0 Å². The van der Waals surface area contributed by atoms with Gasteiger partial charge >= 0.3 is 0 Å². The van der Waals surface area contributed by atoms with Crippen molar-refractivity contribution in [2.45, 2.75) is 45.1 Å². The minimum Gasteiger partial charge on any atom is -0.358 e. The fraction of sp³-hybridized carbons (Fsp3) is 0.667. The van der Waals surface area contributed by atoms with Crippen LogP contribution in [-0.4, -0.2) is 31.2 Å². The normalized spacial score (nSPS) is 15.8. The number of aromatic nitrogens is 1. The zero-order chi connectivity index (χ0) is 13.2. The summed E-state index contributed by atoms with van der Waals surface area (Å²) in [4.78, 5) is 6.77. The third-order valence-electron chi connectivity index (χ3n) is 3.46. The number of anilines is 1. The molecule has 100 valence electrons. The second-order valence-corrected chi connectivity index (χ2v) is 6.31. The molecule has 3 heteroatoms. The van der Waals surface area contributed by atoms with E-state index in [4.69, 9.17) is 0 Å². The van der Waals surface area contributed by atoms with Crippen LogP contribution in [0.15, 0.2) is 18.3 Å². The summed E-state index contributed by atoms with van der Waals surface area (Å²) in [5.41, 5.74) is 1.47. The maximum Gasteiger partial charge on any atom is 0.128 e. The molecule has 1 aliphatic rings. The zero-order valence-corrected chi connectivity index (χ0v) is 12.0. The number of hydrogen-bond donors (Lipinski definition) is 1. The van der Waals surface area contributed by atoms with Crippen LogP contribution in [0.1, 0.15) is 39.2 Å². The number of pyridine rings is 1. The quantitative estimate of drug-likeness (QED) is 0.867. The molecule has 0 amide bonds. The molecule has 0 saturated heterocycles. The van der Waals surface area contributed by atoms with E-state index in [0.717, 1.165) is 24.9 Å². The van der Waals surface area contributed by atoms with Crippen molar-refractivity contribution in [3.05, 3.63) is 23.9 Å². The largest absolute Gasteiger partial charge is 0.358 e. The van der Waals surface area contributed by atoms with Crippen LogP contribution in [-0.2, 0) is 5.41 Å². The van der Waals surface area contributed by atoms with Gasteiger partial charge in [0.05, 0.1) is 0 Å². The summed E-state index contributed by atoms with van der Waals surface area (Å²) in [6.07, 6.45) is 4.70. The second-order valence-electron chi connectivity index (χ2n) is 6.31. The van der Waals surface area contributed by atoms with Crippen molar-refractivity contribution in [1.29, 1.82) is 0 Å². The molecule has 0 radical (unpaired) electrons. The van der Waals surface area contributed by atoms with Crippen molar-refractivity contribution in [3.8, 4) is 0 Å². The summed E-state index contributed by atoms with van der Waals surface area (Å²) in [7, 11) is 2.10. The number of hydrogen-bond acceptors (Lipinski definition) is 3. The molecule has 0 spiro atoms. The molecule has 3 nitrogen and oxygen atoms in total. The van der Waals surface area contributed by atoms with Gasteiger partial charge in [0.15, 0.2) is 0 Å². The number of nitrogens with one attached hydrogen (secondary N) is 1. The first-order valence-corrected chi connectivity index (χ1v) is 6.88. The van der Waals surface area contributed by atoms with Crippen molar-refractivity contribution >= 4 is 5.82 Å². The summed E-state index contributed by atoms with van der Waals surface area (Å²) in [6, 6.07) is 5.10. The molecular weight excluding hydrogens is 222 g/mol. The highest BCUT2D eigenvalue weighted by atomic mass is 15.2. The highest BCUT2D eigenvalue weighted by molar-refractivity contribution is 5.39. The Morgan fingerprint density at radius 1 is 1.33 bits per heavy atom. The molecule has 0 bridgehead atoms. The van der Waals surface area contributed by atoms with Crippen LogP contribution < -0.4 is 10.2 Å². The Morgan fingerprint density at radius 2 is 2.06 bits per heavy atom. The summed E-state index contributed by atoms with van der Waals surface area (Å²) in [6.45, 7) is 8.70. The average Bonchev–Trinajstić information content (AvgIpc) is 3.12. The van der Waals surface area contributed by atoms with Crippen molar-refractivity contribution < 1.29 is 0 Å². The third-order valence-corrected chi connectivity index (χ3v) is 3.46. The van der Waals surface area contributed by atoms with E-state index in [-0.39, 0.29) is 5.41 Å². The van der Waals surface area contributed by atoms with Gasteiger partial charge in [-0.2, -0.15) is 0 Å². The monoisotopic (exact) mass is 247 g/mol. The van der Waals surface area contributed by atoms with E-state index in [1.165, 1.54) is 18.4 Å². The Morgan fingerprint density at radius 3 is 2.56 bits per heavy atom. The molecule has 1 aromatic rings. The summed E-state index contributed by atoms with van der Waals surface area (Å²) in [5, 5.41) is 3.52. The smallest absolute Gasteiger partial charge is 0.128 e. The fourth-order valence-corrected chi connectivity index (χ4v) is 1.89. The highest BCUT2D eigenvalue weighted by Gasteiger charge is 2.20. The lowest BCUT2D eigenvalue weighted by Gasteiger charge is -2.22. The van der Waals surface area contributed by atoms with Crippen LogP contribution in [0.4, 0.5) is 5.82 Å². The lowest BCUT2D eigenvalue weighted by atomic mass is 9.88. The van der Waals surface area contributed by atoms with E-state index in [9.17, 15) is 0 Å². The molecule has 1 fully saturated rings. The number of nitrogens with zero attached hydrogens (tertiary/aromatic N) is 2. The Labute approximate surface area is 111 Å². The lowest BCUT2D eigenvalue weighted by molar-refractivity contribution is 0.587. The molecule has 1 aliphatic carbocycles. The second kappa shape index (κ2) is 5.27. The van der Waals surface area contributed by atoms with E-state index in [0.29, 0.717) is 0 Å². The van der Waals surface area contributed by atoms with Gasteiger partial charge in [0.1, 0.15) is 5.82 Å². The van der Waals surface area contributed by atoms with Crippen LogP contribution in [0.5, 0.6) is 0 Å². The topological polar surface area (TPSA) is 28.2 Å². The standard InChI is InChI=1S/C15H25N3/c1-15(2,3)12-5-8-14(17-11-12)18(4)10-9-16-13-6-7-13/h5,8,11,13,16H,6-7,9-10H2,1-4H3. The van der Waals surface area contributed by atoms with Crippen molar-refractivity contribution in [1.82, 2.24) is 10.3 Å². The van der Waals surface area contributed by atoms with E-state index >= 15 is 0 Å². The number of rotatable bonds is 5. The maximum atomic E-state index is 4.56. The maximum absolute atomic E-state index is 4.56. The van der Waals surface area contributed by atoms with E-state index in [2.05, 4.69) is 55.2 Å². The van der Waals surface area contributed by atoms with Crippen molar-refractivity contribution in [2.75, 3.05) is 25.0 Å². The summed E-state index contributed by atoms with van der Waals surface area (Å²) >= 11 is 0. The average molecular weight is 247 g/mol. The molecular formula is C15H25N3. The van der Waals surface area contributed by atoms with E-state index < -0.39 is 0 Å². The van der Waals surface area contributed by atoms with Gasteiger partial charge in [-0.25, -0.2) is 4.98 Å². The van der Waals surface area contributed by atoms with Crippen LogP contribution in [0.25, 0.3) is 0 Å². The predicted octanol–water partition coefficient (Wildman–Crippen LogP) is 2.57. The highest BCUT2D eigenvalue weighted by Crippen LogP contribution is 2.22. The Hall–Kier alpha value is -1.09. The Bertz CT molecular complexity index is 374. The van der Waals surface area contributed by atoms with Crippen LogP contribution in [0.3, 0.4) is 0 Å². The molecule has 0 atom stereocenters. The van der Waals surface area contributed by atoms with Gasteiger partial charge in [-0.05, 0) is 29.9 Å². The van der Waals surface area contributed by atoms with Gasteiger partial charge in [0, 0.05) is 32.4 Å². The minimum absolute atomic E-state index is 0.178. The third kappa shape index (κ3) is 3.70. The van der Waals surface area contributed by atoms with Gasteiger partial charge in [0.25, 0.3) is 0 Å². The first-order chi connectivity index (χ1) is 8.47. The molecule has 2 rings (SSSR count). The van der Waals surface area contributed by atoms with Crippen LogP contribution >= 0.6 is 0 Å². The summed E-state index contributed by atoms with van der Waals surface area (Å²) < 4.78 is 0. The van der Waals surface area contributed by atoms with Crippen LogP contribution in [0, 0.1) is 0 Å². The van der Waals surface area contributed by atoms with Gasteiger partial charge in [-0.15, -0.1) is 0 Å². The van der Waals surface area contributed by atoms with Gasteiger partial charge in [-0.3, -0.25) is 0 Å². The zero-order valence-electron chi connectivity index (χ0n) is 12.0. The number of likely N-dealkylation sites (N-methyl/N-ethyl adjacent to an activating group) is 1. The Balaban J connectivity index is 1.87. The molecule has 0 unspecified atom stereocenters. The Kier molecular flexibility index (Phi) is 3.91. The SMILES string of the molecule is CN(CCNC1CC1)c1ccc(C(C)(C)C)cn1. The molecule has 0 aliphatic heterocycles. The molecule has 1 aromatic heterocycles. The van der Waals surface area contributed by atoms with Gasteiger partial charge in [-0.1, -0.05) is 26.8 Å². The fourth-order valence-electron chi connectivity index (χ4n) is 1.89. The predicted molar refractivity (Wildman–Crippen MR) is 77.2 cm³/mol. The lowest BCUT2D eigenvalue weighted by Crippen LogP contribution is -2.30. The minimum atomic E-state index is 0.178. The van der Waals surface area contributed by atoms with Crippen LogP contribution in [0.2, 0.25) is 0 Å². The van der Waals surface area contributed by atoms with E-state index in [1.54, 1.807) is 0 Å². The summed E-state index contributed by atoms with van der Waals surface area (Å²) in [5.74, 6) is 1.06. The molecule has 1 saturated carbocycles. The molecule has 18 heavy (non-hydrogen) atoms. The molecule has 0 aromatic carbocycles. The first-order valence-electron chi connectivity index (χ1n) is 6.88. The van der Waals surface area contributed by atoms with Gasteiger partial charge in [0.2, 0.25) is 0 Å².